The van der Waals surface area contributed by atoms with E-state index in [0.29, 0.717) is 16.5 Å². The van der Waals surface area contributed by atoms with Gasteiger partial charge < -0.3 is 8.98 Å². The van der Waals surface area contributed by atoms with Crippen LogP contribution in [0.25, 0.3) is 22.5 Å². The van der Waals surface area contributed by atoms with Crippen LogP contribution in [0.3, 0.4) is 0 Å². The predicted octanol–water partition coefficient (Wildman–Crippen LogP) is 4.23. The molecule has 4 rings (SSSR count). The maximum absolute atomic E-state index is 12.7. The maximum atomic E-state index is 12.7. The Labute approximate surface area is 142 Å². The number of hydrogen-bond acceptors (Lipinski definition) is 4. The normalized spacial score (nSPS) is 11.0. The number of hydrogen-bond donors (Lipinski definition) is 0. The molecule has 0 aliphatic carbocycles. The van der Waals surface area contributed by atoms with E-state index in [1.165, 1.54) is 6.39 Å². The van der Waals surface area contributed by atoms with Crippen molar-refractivity contribution in [3.05, 3.63) is 71.6 Å². The van der Waals surface area contributed by atoms with Crippen LogP contribution in [0.15, 0.2) is 65.4 Å². The molecule has 0 amide bonds. The van der Waals surface area contributed by atoms with Crippen LogP contribution in [0.2, 0.25) is 5.02 Å². The molecule has 6 heteroatoms. The molecule has 0 saturated carbocycles. The highest BCUT2D eigenvalue weighted by Gasteiger charge is 2.17. The summed E-state index contributed by atoms with van der Waals surface area (Å²) in [6, 6.07) is 16.6. The van der Waals surface area contributed by atoms with Gasteiger partial charge in [-0.05, 0) is 36.4 Å². The third-order valence-corrected chi connectivity index (χ3v) is 4.11. The summed E-state index contributed by atoms with van der Waals surface area (Å²) in [6.07, 6.45) is 1.28. The second-order valence-corrected chi connectivity index (χ2v) is 5.78. The Bertz CT molecular complexity index is 1000. The van der Waals surface area contributed by atoms with Crippen LogP contribution in [0.1, 0.15) is 10.4 Å². The van der Waals surface area contributed by atoms with Crippen LogP contribution in [-0.4, -0.2) is 20.5 Å². The summed E-state index contributed by atoms with van der Waals surface area (Å²) in [4.78, 5) is 12.7. The molecule has 24 heavy (non-hydrogen) atoms. The Kier molecular flexibility index (Phi) is 3.63. The number of Topliss-reactive ketones (excluding diaryl/α,β-unsaturated/α-hetero) is 1. The second-order valence-electron chi connectivity index (χ2n) is 5.35. The van der Waals surface area contributed by atoms with Crippen molar-refractivity contribution in [2.24, 2.45) is 0 Å². The van der Waals surface area contributed by atoms with Gasteiger partial charge in [0, 0.05) is 21.5 Å². The van der Waals surface area contributed by atoms with Crippen molar-refractivity contribution in [3.8, 4) is 11.6 Å². The lowest BCUT2D eigenvalue weighted by molar-refractivity contribution is 0.0974. The number of aromatic nitrogens is 3. The molecule has 4 aromatic rings. The van der Waals surface area contributed by atoms with E-state index in [1.54, 1.807) is 24.3 Å². The molecule has 118 valence electrons. The third kappa shape index (κ3) is 2.59. The van der Waals surface area contributed by atoms with Crippen LogP contribution >= 0.6 is 11.6 Å². The minimum Gasteiger partial charge on any atom is -0.422 e. The van der Waals surface area contributed by atoms with E-state index in [1.807, 2.05) is 34.9 Å². The minimum atomic E-state index is -0.0196. The minimum absolute atomic E-state index is 0.0196. The number of carbonyl (C=O) groups is 1. The van der Waals surface area contributed by atoms with Crippen molar-refractivity contribution >= 4 is 28.3 Å². The van der Waals surface area contributed by atoms with Gasteiger partial charge in [0.15, 0.2) is 5.78 Å². The zero-order valence-corrected chi connectivity index (χ0v) is 13.3. The zero-order chi connectivity index (χ0) is 16.5. The molecule has 0 bridgehead atoms. The lowest BCUT2D eigenvalue weighted by atomic mass is 10.1. The quantitative estimate of drug-likeness (QED) is 0.523. The number of carbonyl (C=O) groups excluding carboxylic acids is 1. The maximum Gasteiger partial charge on any atom is 0.264 e. The molecule has 0 aliphatic rings. The Hall–Kier alpha value is -2.92. The van der Waals surface area contributed by atoms with Crippen molar-refractivity contribution in [1.82, 2.24) is 14.8 Å². The lowest BCUT2D eigenvalue weighted by Crippen LogP contribution is -2.11. The topological polar surface area (TPSA) is 60.9 Å². The number of rotatable bonds is 4. The predicted molar refractivity (Wildman–Crippen MR) is 91.0 cm³/mol. The number of halogens is 1. The van der Waals surface area contributed by atoms with Crippen LogP contribution in [0, 0.1) is 0 Å². The van der Waals surface area contributed by atoms with Gasteiger partial charge in [0.05, 0.1) is 6.54 Å². The molecule has 5 nitrogen and oxygen atoms in total. The Morgan fingerprint density at radius 1 is 1.12 bits per heavy atom. The van der Waals surface area contributed by atoms with E-state index in [0.717, 1.165) is 16.6 Å². The fourth-order valence-electron chi connectivity index (χ4n) is 2.71. The highest BCUT2D eigenvalue weighted by molar-refractivity contribution is 6.30. The molecule has 2 aromatic carbocycles. The van der Waals surface area contributed by atoms with Gasteiger partial charge in [0.2, 0.25) is 6.39 Å². The molecule has 0 fully saturated rings. The van der Waals surface area contributed by atoms with Crippen LogP contribution in [0.5, 0.6) is 0 Å². The fourth-order valence-corrected chi connectivity index (χ4v) is 2.84. The standard InChI is InChI=1S/C18H12ClN3O2/c19-14-7-5-12(6-8-14)17(23)10-22-15-4-2-1-3-13(15)9-16(22)18-21-20-11-24-18/h1-9,11H,10H2. The van der Waals surface area contributed by atoms with E-state index in [-0.39, 0.29) is 12.3 Å². The number of benzene rings is 2. The van der Waals surface area contributed by atoms with Gasteiger partial charge in [-0.15, -0.1) is 10.2 Å². The molecule has 0 aliphatic heterocycles. The summed E-state index contributed by atoms with van der Waals surface area (Å²) in [5.74, 6) is 0.365. The summed E-state index contributed by atoms with van der Waals surface area (Å²) in [7, 11) is 0. The fraction of sp³-hybridized carbons (Fsp3) is 0.0556. The van der Waals surface area contributed by atoms with Gasteiger partial charge in [-0.3, -0.25) is 4.79 Å². The molecular formula is C18H12ClN3O2. The van der Waals surface area contributed by atoms with Gasteiger partial charge in [-0.2, -0.15) is 0 Å². The van der Waals surface area contributed by atoms with Gasteiger partial charge in [0.25, 0.3) is 5.89 Å². The van der Waals surface area contributed by atoms with Crippen molar-refractivity contribution < 1.29 is 9.21 Å². The van der Waals surface area contributed by atoms with Gasteiger partial charge >= 0.3 is 0 Å². The monoisotopic (exact) mass is 337 g/mol. The van der Waals surface area contributed by atoms with Crippen LogP contribution < -0.4 is 0 Å². The number of nitrogens with zero attached hydrogens (tertiary/aromatic N) is 3. The summed E-state index contributed by atoms with van der Waals surface area (Å²) < 4.78 is 7.21. The van der Waals surface area contributed by atoms with Gasteiger partial charge in [0.1, 0.15) is 5.69 Å². The average molecular weight is 338 g/mol. The van der Waals surface area contributed by atoms with Crippen molar-refractivity contribution in [2.45, 2.75) is 6.54 Å². The van der Waals surface area contributed by atoms with E-state index in [2.05, 4.69) is 10.2 Å². The van der Waals surface area contributed by atoms with Gasteiger partial charge in [-0.25, -0.2) is 0 Å². The first kappa shape index (κ1) is 14.7. The molecule has 0 saturated heterocycles. The van der Waals surface area contributed by atoms with E-state index in [9.17, 15) is 4.79 Å². The highest BCUT2D eigenvalue weighted by atomic mass is 35.5. The second kappa shape index (κ2) is 5.94. The zero-order valence-electron chi connectivity index (χ0n) is 12.5. The Morgan fingerprint density at radius 3 is 2.67 bits per heavy atom. The number of para-hydroxylation sites is 1. The van der Waals surface area contributed by atoms with E-state index in [4.69, 9.17) is 16.0 Å². The van der Waals surface area contributed by atoms with Crippen LogP contribution in [-0.2, 0) is 6.54 Å². The van der Waals surface area contributed by atoms with Crippen molar-refractivity contribution in [1.29, 1.82) is 0 Å². The lowest BCUT2D eigenvalue weighted by Gasteiger charge is -2.08. The number of fused-ring (bicyclic) bond motifs is 1. The number of ketones is 1. The van der Waals surface area contributed by atoms with Gasteiger partial charge in [-0.1, -0.05) is 29.8 Å². The first-order valence-corrected chi connectivity index (χ1v) is 7.74. The molecule has 2 aromatic heterocycles. The van der Waals surface area contributed by atoms with Crippen LogP contribution in [0.4, 0.5) is 0 Å². The summed E-state index contributed by atoms with van der Waals surface area (Å²) in [5.41, 5.74) is 2.26. The molecule has 0 N–H and O–H groups in total. The summed E-state index contributed by atoms with van der Waals surface area (Å²) in [5, 5.41) is 9.31. The first-order valence-electron chi connectivity index (χ1n) is 7.36. The molecule has 0 atom stereocenters. The highest BCUT2D eigenvalue weighted by Crippen LogP contribution is 2.27. The average Bonchev–Trinajstić information content (AvgIpc) is 3.23. The van der Waals surface area contributed by atoms with E-state index >= 15 is 0 Å². The smallest absolute Gasteiger partial charge is 0.264 e. The Balaban J connectivity index is 1.79. The third-order valence-electron chi connectivity index (χ3n) is 3.86. The SMILES string of the molecule is O=C(Cn1c(-c2nnco2)cc2ccccc21)c1ccc(Cl)cc1. The first-order chi connectivity index (χ1) is 11.7. The molecule has 2 heterocycles. The van der Waals surface area contributed by atoms with E-state index < -0.39 is 0 Å². The molecule has 0 unspecified atom stereocenters. The molecular weight excluding hydrogens is 326 g/mol. The Morgan fingerprint density at radius 2 is 1.92 bits per heavy atom. The van der Waals surface area contributed by atoms with Crippen molar-refractivity contribution in [2.75, 3.05) is 0 Å². The molecule has 0 spiro atoms. The molecule has 0 radical (unpaired) electrons. The largest absolute Gasteiger partial charge is 0.422 e. The summed E-state index contributed by atoms with van der Waals surface area (Å²) >= 11 is 5.89. The summed E-state index contributed by atoms with van der Waals surface area (Å²) in [6.45, 7) is 0.173. The van der Waals surface area contributed by atoms with Crippen molar-refractivity contribution in [3.63, 3.8) is 0 Å².